The summed E-state index contributed by atoms with van der Waals surface area (Å²) >= 11 is 1.21. The lowest BCUT2D eigenvalue weighted by Crippen LogP contribution is -2.47. The Kier molecular flexibility index (Phi) is 10.3. The number of methoxy groups -OCH3 is 2. The molecule has 10 heteroatoms. The van der Waals surface area contributed by atoms with Gasteiger partial charge in [0.1, 0.15) is 16.7 Å². The lowest BCUT2D eigenvalue weighted by atomic mass is 9.98. The van der Waals surface area contributed by atoms with Crippen molar-refractivity contribution >= 4 is 35.2 Å². The van der Waals surface area contributed by atoms with E-state index in [1.807, 2.05) is 42.5 Å². The molecular weight excluding hydrogens is 513 g/mol. The number of esters is 1. The molecule has 1 unspecified atom stereocenters. The van der Waals surface area contributed by atoms with Crippen molar-refractivity contribution in [3.63, 3.8) is 0 Å². The molecule has 0 bridgehead atoms. The standard InChI is InChI=1S/C27H34NO7PS/c1-32-21-9-7-20(8-10-21)24(25(29)33-2)6-4-5-17-35-22-11-13-23(14-12-22)37-36(3,31)27(26(28)30)15-18-34-19-16-27/h6-14H,4-5,15-19H2,1-3H3,(H2,28,30)/b24-6-. The Bertz CT molecular complexity index is 1140. The van der Waals surface area contributed by atoms with Crippen LogP contribution in [0.5, 0.6) is 11.5 Å². The van der Waals surface area contributed by atoms with Crippen LogP contribution in [-0.2, 0) is 23.6 Å². The summed E-state index contributed by atoms with van der Waals surface area (Å²) < 4.78 is 34.9. The molecule has 2 aromatic rings. The number of hydrogen-bond acceptors (Lipinski definition) is 8. The normalized spacial score (nSPS) is 16.9. The second kappa shape index (κ2) is 13.2. The van der Waals surface area contributed by atoms with Crippen LogP contribution in [0.3, 0.4) is 0 Å². The number of nitrogens with two attached hydrogens (primary N) is 1. The van der Waals surface area contributed by atoms with Gasteiger partial charge >= 0.3 is 5.97 Å². The van der Waals surface area contributed by atoms with Crippen LogP contribution in [0.15, 0.2) is 59.5 Å². The van der Waals surface area contributed by atoms with E-state index in [0.29, 0.717) is 62.6 Å². The minimum absolute atomic E-state index is 0.370. The zero-order valence-electron chi connectivity index (χ0n) is 21.4. The van der Waals surface area contributed by atoms with Gasteiger partial charge in [-0.3, -0.25) is 4.79 Å². The number of benzene rings is 2. The van der Waals surface area contributed by atoms with E-state index in [-0.39, 0.29) is 0 Å². The van der Waals surface area contributed by atoms with Crippen LogP contribution in [0.25, 0.3) is 5.57 Å². The Labute approximate surface area is 222 Å². The van der Waals surface area contributed by atoms with Crippen LogP contribution >= 0.6 is 17.7 Å². The van der Waals surface area contributed by atoms with Crippen molar-refractivity contribution in [1.82, 2.24) is 0 Å². The molecule has 0 aromatic heterocycles. The molecule has 2 N–H and O–H groups in total. The third kappa shape index (κ3) is 7.18. The largest absolute Gasteiger partial charge is 0.497 e. The molecule has 3 rings (SSSR count). The molecule has 1 saturated heterocycles. The molecule has 0 saturated carbocycles. The Balaban J connectivity index is 1.55. The van der Waals surface area contributed by atoms with E-state index in [1.165, 1.54) is 18.5 Å². The van der Waals surface area contributed by atoms with E-state index >= 15 is 0 Å². The predicted molar refractivity (Wildman–Crippen MR) is 146 cm³/mol. The Morgan fingerprint density at radius 2 is 1.68 bits per heavy atom. The summed E-state index contributed by atoms with van der Waals surface area (Å²) in [5.41, 5.74) is 6.95. The van der Waals surface area contributed by atoms with Gasteiger partial charge in [0.25, 0.3) is 0 Å². The van der Waals surface area contributed by atoms with Crippen molar-refractivity contribution in [3.8, 4) is 11.5 Å². The maximum Gasteiger partial charge on any atom is 0.338 e. The first-order chi connectivity index (χ1) is 17.7. The fraction of sp³-hybridized carbons (Fsp3) is 0.407. The number of carbonyl (C=O) groups excluding carboxylic acids is 2. The first-order valence-electron chi connectivity index (χ1n) is 12.0. The summed E-state index contributed by atoms with van der Waals surface area (Å²) in [5, 5.41) is -1.05. The van der Waals surface area contributed by atoms with Crippen LogP contribution in [0, 0.1) is 0 Å². The van der Waals surface area contributed by atoms with E-state index in [2.05, 4.69) is 0 Å². The van der Waals surface area contributed by atoms with Gasteiger partial charge in [0.05, 0.1) is 26.4 Å². The molecule has 1 aliphatic rings. The average Bonchev–Trinajstić information content (AvgIpc) is 2.91. The van der Waals surface area contributed by atoms with Gasteiger partial charge in [-0.05, 0) is 74.3 Å². The first-order valence-corrected chi connectivity index (χ1v) is 15.6. The maximum absolute atomic E-state index is 13.6. The zero-order valence-corrected chi connectivity index (χ0v) is 23.1. The molecule has 1 atom stereocenters. The van der Waals surface area contributed by atoms with E-state index in [0.717, 1.165) is 10.5 Å². The van der Waals surface area contributed by atoms with Crippen molar-refractivity contribution in [1.29, 1.82) is 0 Å². The monoisotopic (exact) mass is 547 g/mol. The summed E-state index contributed by atoms with van der Waals surface area (Å²) in [6.07, 6.45) is 0.907. The van der Waals surface area contributed by atoms with E-state index in [4.69, 9.17) is 24.7 Å². The molecule has 0 aliphatic carbocycles. The molecular formula is C27H34NO7PS. The van der Waals surface area contributed by atoms with Gasteiger partial charge in [0, 0.05) is 18.1 Å². The molecule has 8 nitrogen and oxygen atoms in total. The Hall–Kier alpha value is -2.74. The highest BCUT2D eigenvalue weighted by Crippen LogP contribution is 2.70. The molecule has 0 radical (unpaired) electrons. The van der Waals surface area contributed by atoms with E-state index in [9.17, 15) is 14.2 Å². The Morgan fingerprint density at radius 3 is 2.24 bits per heavy atom. The molecule has 0 spiro atoms. The molecule has 37 heavy (non-hydrogen) atoms. The lowest BCUT2D eigenvalue weighted by molar-refractivity contribution is -0.133. The molecule has 1 aliphatic heterocycles. The smallest absolute Gasteiger partial charge is 0.338 e. The van der Waals surface area contributed by atoms with Crippen molar-refractivity contribution in [2.45, 2.75) is 35.7 Å². The minimum atomic E-state index is -3.00. The zero-order chi connectivity index (χ0) is 26.9. The summed E-state index contributed by atoms with van der Waals surface area (Å²) in [6.45, 7) is 2.85. The number of primary amides is 1. The molecule has 1 amide bonds. The van der Waals surface area contributed by atoms with Crippen LogP contribution < -0.4 is 15.2 Å². The fourth-order valence-corrected chi connectivity index (χ4v) is 9.31. The van der Waals surface area contributed by atoms with E-state index < -0.39 is 23.4 Å². The minimum Gasteiger partial charge on any atom is -0.497 e. The quantitative estimate of drug-likeness (QED) is 0.168. The van der Waals surface area contributed by atoms with Crippen LogP contribution in [0.4, 0.5) is 0 Å². The number of carbonyl (C=O) groups is 2. The van der Waals surface area contributed by atoms with Crippen LogP contribution in [-0.4, -0.2) is 57.7 Å². The van der Waals surface area contributed by atoms with E-state index in [1.54, 1.807) is 25.9 Å². The summed E-state index contributed by atoms with van der Waals surface area (Å²) in [5.74, 6) is 0.471. The van der Waals surface area contributed by atoms with Crippen molar-refractivity contribution in [2.24, 2.45) is 5.73 Å². The Morgan fingerprint density at radius 1 is 1.05 bits per heavy atom. The molecule has 1 heterocycles. The van der Waals surface area contributed by atoms with Crippen LogP contribution in [0.1, 0.15) is 31.2 Å². The second-order valence-corrected chi connectivity index (χ2v) is 14.6. The summed E-state index contributed by atoms with van der Waals surface area (Å²) in [7, 11) is 2.95. The molecule has 200 valence electrons. The van der Waals surface area contributed by atoms with Crippen molar-refractivity contribution in [2.75, 3.05) is 40.7 Å². The van der Waals surface area contributed by atoms with Gasteiger partial charge in [-0.2, -0.15) is 0 Å². The summed E-state index contributed by atoms with van der Waals surface area (Å²) in [4.78, 5) is 25.3. The van der Waals surface area contributed by atoms with Gasteiger partial charge in [-0.25, -0.2) is 4.79 Å². The SMILES string of the molecule is COC(=O)/C(=C\CCCOc1ccc(SP(C)(=O)C2(C(N)=O)CCOCC2)cc1)c1ccc(OC)cc1. The number of ether oxygens (including phenoxy) is 4. The van der Waals surface area contributed by atoms with Crippen molar-refractivity contribution < 1.29 is 33.1 Å². The highest BCUT2D eigenvalue weighted by Gasteiger charge is 2.51. The van der Waals surface area contributed by atoms with Crippen LogP contribution in [0.2, 0.25) is 0 Å². The molecule has 2 aromatic carbocycles. The van der Waals surface area contributed by atoms with Gasteiger partial charge in [0.2, 0.25) is 5.91 Å². The van der Waals surface area contributed by atoms with Gasteiger partial charge < -0.3 is 29.2 Å². The third-order valence-corrected chi connectivity index (χ3v) is 12.2. The number of allylic oxidation sites excluding steroid dienone is 1. The summed E-state index contributed by atoms with van der Waals surface area (Å²) in [6, 6.07) is 14.5. The van der Waals surface area contributed by atoms with Gasteiger partial charge in [-0.15, -0.1) is 0 Å². The second-order valence-electron chi connectivity index (χ2n) is 8.75. The maximum atomic E-state index is 13.6. The molecule has 1 fully saturated rings. The fourth-order valence-electron chi connectivity index (χ4n) is 4.17. The first kappa shape index (κ1) is 28.8. The highest BCUT2D eigenvalue weighted by molar-refractivity contribution is 8.58. The van der Waals surface area contributed by atoms with Gasteiger partial charge in [0.15, 0.2) is 6.34 Å². The average molecular weight is 548 g/mol. The van der Waals surface area contributed by atoms with Gasteiger partial charge in [-0.1, -0.05) is 29.6 Å². The lowest BCUT2D eigenvalue weighted by Gasteiger charge is -2.38. The van der Waals surface area contributed by atoms with Crippen molar-refractivity contribution in [3.05, 3.63) is 60.2 Å². The predicted octanol–water partition coefficient (Wildman–Crippen LogP) is 5.15. The number of amides is 1. The number of hydrogen-bond donors (Lipinski definition) is 1. The topological polar surface area (TPSA) is 114 Å². The third-order valence-electron chi connectivity index (χ3n) is 6.43. The highest BCUT2D eigenvalue weighted by atomic mass is 32.7. The number of unbranched alkanes of at least 4 members (excludes halogenated alkanes) is 1. The number of rotatable bonds is 12.